The third-order valence-corrected chi connectivity index (χ3v) is 2.59. The summed E-state index contributed by atoms with van der Waals surface area (Å²) in [5.41, 5.74) is 0. The zero-order valence-electron chi connectivity index (χ0n) is 7.58. The van der Waals surface area contributed by atoms with Crippen molar-refractivity contribution in [1.82, 2.24) is 4.90 Å². The fourth-order valence-corrected chi connectivity index (χ4v) is 1.78. The highest BCUT2D eigenvalue weighted by Crippen LogP contribution is 2.19. The molecule has 1 N–H and O–H groups in total. The van der Waals surface area contributed by atoms with Crippen LogP contribution >= 0.6 is 0 Å². The Hall–Kier alpha value is -0.0800. The molecule has 0 bridgehead atoms. The molecule has 0 aliphatic carbocycles. The van der Waals surface area contributed by atoms with E-state index in [-0.39, 0.29) is 6.10 Å². The first-order valence-electron chi connectivity index (χ1n) is 4.58. The Balaban J connectivity index is 2.15. The number of hydrogen-bond acceptors (Lipinski definition) is 2. The molecule has 0 aromatic carbocycles. The van der Waals surface area contributed by atoms with E-state index in [1.165, 1.54) is 19.4 Å². The van der Waals surface area contributed by atoms with E-state index in [1.807, 2.05) is 6.92 Å². The lowest BCUT2D eigenvalue weighted by Crippen LogP contribution is -2.25. The average Bonchev–Trinajstić information content (AvgIpc) is 2.31. The second-order valence-corrected chi connectivity index (χ2v) is 3.70. The van der Waals surface area contributed by atoms with Gasteiger partial charge in [-0.15, -0.1) is 0 Å². The molecule has 2 heteroatoms. The van der Waals surface area contributed by atoms with Crippen LogP contribution in [0, 0.1) is 0 Å². The lowest BCUT2D eigenvalue weighted by atomic mass is 10.1. The first-order valence-corrected chi connectivity index (χ1v) is 4.58. The highest BCUT2D eigenvalue weighted by molar-refractivity contribution is 4.76. The normalized spacial score (nSPS) is 29.2. The van der Waals surface area contributed by atoms with Crippen molar-refractivity contribution in [1.29, 1.82) is 0 Å². The molecular weight excluding hydrogens is 138 g/mol. The Bertz CT molecular complexity index is 114. The van der Waals surface area contributed by atoms with Gasteiger partial charge in [0, 0.05) is 6.04 Å². The van der Waals surface area contributed by atoms with Gasteiger partial charge < -0.3 is 10.0 Å². The molecule has 0 amide bonds. The van der Waals surface area contributed by atoms with Crippen LogP contribution in [-0.4, -0.2) is 35.7 Å². The molecule has 1 saturated heterocycles. The second-order valence-electron chi connectivity index (χ2n) is 3.70. The average molecular weight is 157 g/mol. The molecule has 2 nitrogen and oxygen atoms in total. The summed E-state index contributed by atoms with van der Waals surface area (Å²) in [4.78, 5) is 2.41. The zero-order chi connectivity index (χ0) is 8.27. The Morgan fingerprint density at radius 3 is 2.82 bits per heavy atom. The van der Waals surface area contributed by atoms with E-state index >= 15 is 0 Å². The zero-order valence-corrected chi connectivity index (χ0v) is 7.58. The topological polar surface area (TPSA) is 23.5 Å². The van der Waals surface area contributed by atoms with Crippen LogP contribution in [0.15, 0.2) is 0 Å². The van der Waals surface area contributed by atoms with Crippen LogP contribution in [0.5, 0.6) is 0 Å². The van der Waals surface area contributed by atoms with Crippen molar-refractivity contribution in [3.05, 3.63) is 0 Å². The molecule has 1 heterocycles. The van der Waals surface area contributed by atoms with Crippen molar-refractivity contribution in [3.8, 4) is 0 Å². The van der Waals surface area contributed by atoms with E-state index in [1.54, 1.807) is 0 Å². The first-order chi connectivity index (χ1) is 5.20. The molecule has 0 aromatic heterocycles. The predicted octanol–water partition coefficient (Wildman–Crippen LogP) is 1.24. The summed E-state index contributed by atoms with van der Waals surface area (Å²) < 4.78 is 0. The molecule has 0 radical (unpaired) electrons. The number of hydrogen-bond donors (Lipinski definition) is 1. The van der Waals surface area contributed by atoms with Gasteiger partial charge in [-0.3, -0.25) is 0 Å². The standard InChI is InChI=1S/C9H19NO/c1-8(11)5-6-9-4-3-7-10(9)2/h8-9,11H,3-7H2,1-2H3. The predicted molar refractivity (Wildman–Crippen MR) is 46.6 cm³/mol. The minimum atomic E-state index is -0.121. The smallest absolute Gasteiger partial charge is 0.0512 e. The quantitative estimate of drug-likeness (QED) is 0.666. The van der Waals surface area contributed by atoms with E-state index in [0.29, 0.717) is 0 Å². The lowest BCUT2D eigenvalue weighted by Gasteiger charge is -2.19. The van der Waals surface area contributed by atoms with E-state index in [0.717, 1.165) is 18.9 Å². The minimum absolute atomic E-state index is 0.121. The summed E-state index contributed by atoms with van der Waals surface area (Å²) in [5.74, 6) is 0. The molecule has 1 aliphatic heterocycles. The summed E-state index contributed by atoms with van der Waals surface area (Å²) in [5, 5.41) is 9.08. The Morgan fingerprint density at radius 2 is 2.36 bits per heavy atom. The molecule has 1 fully saturated rings. The fraction of sp³-hybridized carbons (Fsp3) is 1.00. The van der Waals surface area contributed by atoms with E-state index < -0.39 is 0 Å². The molecule has 66 valence electrons. The molecule has 0 aromatic rings. The summed E-state index contributed by atoms with van der Waals surface area (Å²) in [6.45, 7) is 3.11. The van der Waals surface area contributed by atoms with Gasteiger partial charge in [-0.05, 0) is 46.2 Å². The van der Waals surface area contributed by atoms with Crippen molar-refractivity contribution >= 4 is 0 Å². The van der Waals surface area contributed by atoms with Crippen LogP contribution in [-0.2, 0) is 0 Å². The van der Waals surface area contributed by atoms with E-state index in [2.05, 4.69) is 11.9 Å². The maximum absolute atomic E-state index is 9.08. The van der Waals surface area contributed by atoms with Gasteiger partial charge in [-0.1, -0.05) is 0 Å². The molecule has 1 rings (SSSR count). The number of aliphatic hydroxyl groups is 1. The fourth-order valence-electron chi connectivity index (χ4n) is 1.78. The minimum Gasteiger partial charge on any atom is -0.393 e. The van der Waals surface area contributed by atoms with Crippen LogP contribution in [0.4, 0.5) is 0 Å². The van der Waals surface area contributed by atoms with Crippen LogP contribution < -0.4 is 0 Å². The van der Waals surface area contributed by atoms with Gasteiger partial charge in [0.15, 0.2) is 0 Å². The molecule has 11 heavy (non-hydrogen) atoms. The largest absolute Gasteiger partial charge is 0.393 e. The van der Waals surface area contributed by atoms with Gasteiger partial charge >= 0.3 is 0 Å². The SMILES string of the molecule is CC(O)CCC1CCCN1C. The highest BCUT2D eigenvalue weighted by Gasteiger charge is 2.20. The van der Waals surface area contributed by atoms with Crippen molar-refractivity contribution in [3.63, 3.8) is 0 Å². The molecule has 0 saturated carbocycles. The van der Waals surface area contributed by atoms with Crippen molar-refractivity contribution in [2.45, 2.75) is 44.8 Å². The Morgan fingerprint density at radius 1 is 1.64 bits per heavy atom. The molecule has 2 atom stereocenters. The summed E-state index contributed by atoms with van der Waals surface area (Å²) in [7, 11) is 2.18. The van der Waals surface area contributed by atoms with Gasteiger partial charge in [0.25, 0.3) is 0 Å². The van der Waals surface area contributed by atoms with Gasteiger partial charge in [-0.2, -0.15) is 0 Å². The number of nitrogens with zero attached hydrogens (tertiary/aromatic N) is 1. The van der Waals surface area contributed by atoms with Gasteiger partial charge in [-0.25, -0.2) is 0 Å². The number of likely N-dealkylation sites (tertiary alicyclic amines) is 1. The molecule has 0 spiro atoms. The van der Waals surface area contributed by atoms with Crippen LogP contribution in [0.25, 0.3) is 0 Å². The lowest BCUT2D eigenvalue weighted by molar-refractivity contribution is 0.165. The molecule has 1 aliphatic rings. The van der Waals surface area contributed by atoms with E-state index in [4.69, 9.17) is 5.11 Å². The van der Waals surface area contributed by atoms with Crippen molar-refractivity contribution in [2.75, 3.05) is 13.6 Å². The van der Waals surface area contributed by atoms with Gasteiger partial charge in [0.05, 0.1) is 6.10 Å². The van der Waals surface area contributed by atoms with Crippen molar-refractivity contribution < 1.29 is 5.11 Å². The van der Waals surface area contributed by atoms with Gasteiger partial charge in [0.1, 0.15) is 0 Å². The molecular formula is C9H19NO. The van der Waals surface area contributed by atoms with Crippen molar-refractivity contribution in [2.24, 2.45) is 0 Å². The number of rotatable bonds is 3. The number of aliphatic hydroxyl groups excluding tert-OH is 1. The Kier molecular flexibility index (Phi) is 3.34. The third-order valence-electron chi connectivity index (χ3n) is 2.59. The van der Waals surface area contributed by atoms with E-state index in [9.17, 15) is 0 Å². The summed E-state index contributed by atoms with van der Waals surface area (Å²) in [6, 6.07) is 0.740. The first kappa shape index (κ1) is 9.01. The summed E-state index contributed by atoms with van der Waals surface area (Å²) in [6.07, 6.45) is 4.65. The monoisotopic (exact) mass is 157 g/mol. The maximum atomic E-state index is 9.08. The van der Waals surface area contributed by atoms with Crippen LogP contribution in [0.2, 0.25) is 0 Å². The third kappa shape index (κ3) is 2.80. The van der Waals surface area contributed by atoms with Gasteiger partial charge in [0.2, 0.25) is 0 Å². The summed E-state index contributed by atoms with van der Waals surface area (Å²) >= 11 is 0. The second kappa shape index (κ2) is 4.07. The molecule has 2 unspecified atom stereocenters. The van der Waals surface area contributed by atoms with Crippen LogP contribution in [0.1, 0.15) is 32.6 Å². The highest BCUT2D eigenvalue weighted by atomic mass is 16.3. The Labute approximate surface area is 69.2 Å². The maximum Gasteiger partial charge on any atom is 0.0512 e. The van der Waals surface area contributed by atoms with Crippen LogP contribution in [0.3, 0.4) is 0 Å².